The lowest BCUT2D eigenvalue weighted by atomic mass is 9.95. The van der Waals surface area contributed by atoms with Crippen LogP contribution in [0.25, 0.3) is 11.1 Å². The summed E-state index contributed by atoms with van der Waals surface area (Å²) in [7, 11) is -2.90. The molecule has 222 valence electrons. The highest BCUT2D eigenvalue weighted by molar-refractivity contribution is 7.86. The molecule has 0 aliphatic carbocycles. The van der Waals surface area contributed by atoms with Crippen LogP contribution in [0.15, 0.2) is 54.6 Å². The van der Waals surface area contributed by atoms with Crippen molar-refractivity contribution in [1.29, 1.82) is 5.41 Å². The second kappa shape index (κ2) is 13.2. The summed E-state index contributed by atoms with van der Waals surface area (Å²) in [6, 6.07) is 12.3. The van der Waals surface area contributed by atoms with Crippen LogP contribution in [0.3, 0.4) is 0 Å². The molecule has 0 saturated carbocycles. The molecule has 0 fully saturated rings. The summed E-state index contributed by atoms with van der Waals surface area (Å²) >= 11 is 0. The molecule has 0 bridgehead atoms. The number of amidine groups is 1. The molecule has 0 radical (unpaired) electrons. The van der Waals surface area contributed by atoms with E-state index >= 15 is 0 Å². The molecule has 0 aliphatic heterocycles. The predicted octanol–water partition coefficient (Wildman–Crippen LogP) is 2.16. The number of hydrogen-bond acceptors (Lipinski definition) is 10. The van der Waals surface area contributed by atoms with Gasteiger partial charge in [-0.3, -0.25) is 15.0 Å². The van der Waals surface area contributed by atoms with E-state index in [0.29, 0.717) is 17.5 Å². The molecule has 6 N–H and O–H groups in total. The first-order valence-corrected chi connectivity index (χ1v) is 14.4. The number of anilines is 1. The quantitative estimate of drug-likeness (QED) is 0.123. The molecule has 13 nitrogen and oxygen atoms in total. The molecule has 2 amide bonds. The molecule has 42 heavy (non-hydrogen) atoms. The molecule has 1 heterocycles. The van der Waals surface area contributed by atoms with Crippen molar-refractivity contribution < 1.29 is 36.8 Å². The Morgan fingerprint density at radius 2 is 1.62 bits per heavy atom. The number of amides is 2. The Kier molecular flexibility index (Phi) is 9.99. The van der Waals surface area contributed by atoms with Crippen molar-refractivity contribution in [2.75, 3.05) is 25.3 Å². The maximum absolute atomic E-state index is 13.4. The zero-order valence-corrected chi connectivity index (χ0v) is 24.1. The van der Waals surface area contributed by atoms with Crippen molar-refractivity contribution in [2.45, 2.75) is 19.9 Å². The maximum atomic E-state index is 13.4. The summed E-state index contributed by atoms with van der Waals surface area (Å²) in [5.74, 6) is -2.78. The van der Waals surface area contributed by atoms with Gasteiger partial charge >= 0.3 is 16.1 Å². The minimum Gasteiger partial charge on any atom is -0.481 e. The minimum atomic E-state index is -4.25. The highest BCUT2D eigenvalue weighted by Crippen LogP contribution is 2.31. The third kappa shape index (κ3) is 7.89. The number of rotatable bonds is 11. The Morgan fingerprint density at radius 3 is 2.17 bits per heavy atom. The first-order valence-electron chi connectivity index (χ1n) is 12.5. The lowest BCUT2D eigenvalue weighted by Gasteiger charge is -2.20. The fraction of sp³-hybridized carbons (Fsp3) is 0.250. The number of nitrogens with one attached hydrogen (secondary N) is 3. The number of nitrogen functional groups attached to an aromatic ring is 1. The predicted molar refractivity (Wildman–Crippen MR) is 155 cm³/mol. The minimum absolute atomic E-state index is 0.0173. The van der Waals surface area contributed by atoms with Crippen molar-refractivity contribution in [3.63, 3.8) is 0 Å². The summed E-state index contributed by atoms with van der Waals surface area (Å²) in [4.78, 5) is 43.6. The maximum Gasteiger partial charge on any atom is 0.354 e. The van der Waals surface area contributed by atoms with Gasteiger partial charge in [0.1, 0.15) is 11.5 Å². The van der Waals surface area contributed by atoms with Gasteiger partial charge in [0.25, 0.3) is 11.8 Å². The molecular formula is C28H31N5O8S. The van der Waals surface area contributed by atoms with Crippen molar-refractivity contribution in [3.05, 3.63) is 77.0 Å². The van der Waals surface area contributed by atoms with Crippen LogP contribution in [-0.2, 0) is 14.3 Å². The smallest absolute Gasteiger partial charge is 0.354 e. The number of hydrogen-bond donors (Lipinski definition) is 5. The van der Waals surface area contributed by atoms with E-state index in [1.54, 1.807) is 26.0 Å². The molecule has 0 saturated heterocycles. The summed E-state index contributed by atoms with van der Waals surface area (Å²) in [6.07, 6.45) is 0.695. The van der Waals surface area contributed by atoms with Crippen molar-refractivity contribution >= 4 is 39.4 Å². The number of nitrogens with zero attached hydrogens (tertiary/aromatic N) is 1. The first-order chi connectivity index (χ1) is 19.7. The van der Waals surface area contributed by atoms with Crippen LogP contribution in [0, 0.1) is 11.3 Å². The second-order valence-electron chi connectivity index (χ2n) is 9.54. The topological polar surface area (TPSA) is 211 Å². The molecule has 2 aromatic carbocycles. The first kappa shape index (κ1) is 31.7. The Morgan fingerprint density at radius 1 is 1.00 bits per heavy atom. The van der Waals surface area contributed by atoms with Crippen LogP contribution in [0.2, 0.25) is 0 Å². The van der Waals surface area contributed by atoms with E-state index in [1.165, 1.54) is 43.5 Å². The third-order valence-electron chi connectivity index (χ3n) is 6.08. The van der Waals surface area contributed by atoms with Crippen molar-refractivity contribution in [2.24, 2.45) is 11.7 Å². The van der Waals surface area contributed by atoms with E-state index < -0.39 is 33.9 Å². The number of carbonyl (C=O) groups is 3. The van der Waals surface area contributed by atoms with Gasteiger partial charge in [0.05, 0.1) is 31.6 Å². The van der Waals surface area contributed by atoms with Gasteiger partial charge in [-0.1, -0.05) is 19.9 Å². The fourth-order valence-electron chi connectivity index (χ4n) is 3.82. The van der Waals surface area contributed by atoms with Crippen molar-refractivity contribution in [1.82, 2.24) is 10.3 Å². The average Bonchev–Trinajstić information content (AvgIpc) is 2.94. The normalized spacial score (nSPS) is 11.9. The molecule has 14 heteroatoms. The Balaban J connectivity index is 2.12. The molecule has 3 rings (SSSR count). The summed E-state index contributed by atoms with van der Waals surface area (Å²) in [6.45, 7) is 3.29. The van der Waals surface area contributed by atoms with E-state index in [-0.39, 0.29) is 52.2 Å². The highest BCUT2D eigenvalue weighted by Gasteiger charge is 2.26. The SMILES string of the molecule is COc1ccc(-c2ccc(C(=O)N[C@H](CO)C(C)C)cc2C(=O)OS(C)(=O)=O)c(C(=O)Nc2ccc(C(=N)N)cc2)n1. The fourth-order valence-corrected chi connectivity index (χ4v) is 4.18. The Hall–Kier alpha value is -4.82. The molecule has 1 atom stereocenters. The van der Waals surface area contributed by atoms with Gasteiger partial charge in [0, 0.05) is 28.4 Å². The largest absolute Gasteiger partial charge is 0.481 e. The van der Waals surface area contributed by atoms with Crippen molar-refractivity contribution in [3.8, 4) is 17.0 Å². The van der Waals surface area contributed by atoms with E-state index in [9.17, 15) is 27.9 Å². The molecule has 0 unspecified atom stereocenters. The summed E-state index contributed by atoms with van der Waals surface area (Å²) in [5, 5.41) is 22.5. The zero-order chi connectivity index (χ0) is 31.2. The number of methoxy groups -OCH3 is 1. The lowest BCUT2D eigenvalue weighted by Crippen LogP contribution is -2.41. The number of ether oxygens (including phenoxy) is 1. The Labute approximate surface area is 242 Å². The van der Waals surface area contributed by atoms with Gasteiger partial charge in [-0.15, -0.1) is 0 Å². The number of aliphatic hydroxyl groups is 1. The third-order valence-corrected chi connectivity index (χ3v) is 6.54. The van der Waals surface area contributed by atoms with Crippen LogP contribution in [0.5, 0.6) is 5.88 Å². The average molecular weight is 598 g/mol. The van der Waals surface area contributed by atoms with Crippen LogP contribution in [-0.4, -0.2) is 68.1 Å². The van der Waals surface area contributed by atoms with E-state index in [4.69, 9.17) is 15.9 Å². The Bertz CT molecular complexity index is 1620. The molecule has 0 spiro atoms. The van der Waals surface area contributed by atoms with Gasteiger partial charge in [-0.25, -0.2) is 9.78 Å². The number of benzene rings is 2. The van der Waals surface area contributed by atoms with Gasteiger partial charge in [0.2, 0.25) is 5.88 Å². The lowest BCUT2D eigenvalue weighted by molar-refractivity contribution is 0.0748. The standard InChI is InChI=1S/C28H31N5O8S/c1-15(2)22(14-34)32-26(35)17-7-10-19(21(13-17)28(37)41-42(4,38)39)20-11-12-23(40-3)33-24(20)27(36)31-18-8-5-16(6-9-18)25(29)30/h5-13,15,22,34H,14H2,1-4H3,(H3,29,30)(H,31,36)(H,32,35)/t22-/m1/s1. The number of carbonyl (C=O) groups excluding carboxylic acids is 3. The molecular weight excluding hydrogens is 566 g/mol. The van der Waals surface area contributed by atoms with Crippen LogP contribution < -0.4 is 21.1 Å². The van der Waals surface area contributed by atoms with Gasteiger partial charge < -0.3 is 30.4 Å². The van der Waals surface area contributed by atoms with Crippen LogP contribution in [0.1, 0.15) is 50.6 Å². The monoisotopic (exact) mass is 597 g/mol. The van der Waals surface area contributed by atoms with E-state index in [2.05, 4.69) is 19.8 Å². The number of aromatic nitrogens is 1. The summed E-state index contributed by atoms with van der Waals surface area (Å²) in [5.41, 5.74) is 5.91. The molecule has 3 aromatic rings. The second-order valence-corrected chi connectivity index (χ2v) is 11.1. The summed E-state index contributed by atoms with van der Waals surface area (Å²) < 4.78 is 33.4. The van der Waals surface area contributed by atoms with Gasteiger partial charge in [-0.2, -0.15) is 8.42 Å². The highest BCUT2D eigenvalue weighted by atomic mass is 32.2. The molecule has 0 aliphatic rings. The van der Waals surface area contributed by atoms with Gasteiger partial charge in [-0.05, 0) is 53.9 Å². The van der Waals surface area contributed by atoms with E-state index in [0.717, 1.165) is 6.07 Å². The molecule has 1 aromatic heterocycles. The van der Waals surface area contributed by atoms with Gasteiger partial charge in [0.15, 0.2) is 0 Å². The number of pyridine rings is 1. The number of nitrogens with two attached hydrogens (primary N) is 1. The van der Waals surface area contributed by atoms with Crippen LogP contribution >= 0.6 is 0 Å². The van der Waals surface area contributed by atoms with E-state index in [1.807, 2.05) is 0 Å². The van der Waals surface area contributed by atoms with Crippen LogP contribution in [0.4, 0.5) is 5.69 Å². The number of aliphatic hydroxyl groups excluding tert-OH is 1. The zero-order valence-electron chi connectivity index (χ0n) is 23.3.